The van der Waals surface area contributed by atoms with Crippen molar-refractivity contribution in [1.82, 2.24) is 5.32 Å². The van der Waals surface area contributed by atoms with Crippen molar-refractivity contribution in [2.45, 2.75) is 38.3 Å². The average Bonchev–Trinajstić information content (AvgIpc) is 2.64. The molecule has 5 heteroatoms. The van der Waals surface area contributed by atoms with Crippen LogP contribution >= 0.6 is 0 Å². The van der Waals surface area contributed by atoms with E-state index in [1.165, 1.54) is 0 Å². The lowest BCUT2D eigenvalue weighted by molar-refractivity contribution is -0.142. The van der Waals surface area contributed by atoms with E-state index >= 15 is 0 Å². The summed E-state index contributed by atoms with van der Waals surface area (Å²) in [5.41, 5.74) is -1.32. The highest BCUT2D eigenvalue weighted by molar-refractivity contribution is 5.91. The predicted molar refractivity (Wildman–Crippen MR) is 51.2 cm³/mol. The fourth-order valence-corrected chi connectivity index (χ4v) is 1.78. The third-order valence-electron chi connectivity index (χ3n) is 2.61. The molecule has 0 aromatic rings. The van der Waals surface area contributed by atoms with E-state index in [9.17, 15) is 9.59 Å². The second-order valence-electron chi connectivity index (χ2n) is 5.10. The molecule has 0 unspecified atom stereocenters. The van der Waals surface area contributed by atoms with Crippen LogP contribution in [0.1, 0.15) is 27.2 Å². The van der Waals surface area contributed by atoms with Crippen LogP contribution in [0.3, 0.4) is 0 Å². The molecule has 0 radical (unpaired) electrons. The number of amides is 1. The van der Waals surface area contributed by atoms with Gasteiger partial charge in [-0.1, -0.05) is 0 Å². The topological polar surface area (TPSA) is 64.6 Å². The van der Waals surface area contributed by atoms with Crippen molar-refractivity contribution in [3.05, 3.63) is 0 Å². The number of carbonyl (C=O) groups excluding carboxylic acids is 2. The van der Waals surface area contributed by atoms with Crippen molar-refractivity contribution in [2.24, 2.45) is 5.92 Å². The molecular formula is C10H15NO4. The van der Waals surface area contributed by atoms with Crippen molar-refractivity contribution in [3.8, 4) is 0 Å². The van der Waals surface area contributed by atoms with Gasteiger partial charge in [0, 0.05) is 5.92 Å². The van der Waals surface area contributed by atoms with Crippen molar-refractivity contribution in [3.63, 3.8) is 0 Å². The van der Waals surface area contributed by atoms with Gasteiger partial charge in [-0.15, -0.1) is 0 Å². The number of hydrogen-bond donors (Lipinski definition) is 1. The molecule has 2 atom stereocenters. The molecule has 15 heavy (non-hydrogen) atoms. The number of fused-ring (bicyclic) bond motifs is 1. The monoisotopic (exact) mass is 213 g/mol. The van der Waals surface area contributed by atoms with Gasteiger partial charge >= 0.3 is 12.1 Å². The fourth-order valence-electron chi connectivity index (χ4n) is 1.78. The summed E-state index contributed by atoms with van der Waals surface area (Å²) in [6.45, 7) is 5.75. The molecule has 84 valence electrons. The number of alkyl carbamates (subject to hydrolysis) is 1. The number of ether oxygens (including phenoxy) is 2. The second kappa shape index (κ2) is 2.87. The Morgan fingerprint density at radius 3 is 2.67 bits per heavy atom. The molecule has 1 N–H and O–H groups in total. The standard InChI is InChI=1S/C10H15NO4/c1-9(2,3)15-8(13)11-10-4-6(10)5-14-7(10)12/h6H,4-5H2,1-3H3,(H,11,13)/t6-,10+/m1/s1. The molecule has 0 spiro atoms. The minimum Gasteiger partial charge on any atom is -0.464 e. The Morgan fingerprint density at radius 2 is 2.27 bits per heavy atom. The highest BCUT2D eigenvalue weighted by Crippen LogP contribution is 2.49. The van der Waals surface area contributed by atoms with Gasteiger partial charge in [0.25, 0.3) is 0 Å². The molecule has 1 amide bonds. The molecule has 1 aliphatic carbocycles. The molecule has 1 heterocycles. The van der Waals surface area contributed by atoms with Crippen LogP contribution in [0.5, 0.6) is 0 Å². The molecular weight excluding hydrogens is 198 g/mol. The van der Waals surface area contributed by atoms with E-state index in [4.69, 9.17) is 9.47 Å². The molecule has 0 aromatic heterocycles. The minimum atomic E-state index is -0.775. The molecule has 5 nitrogen and oxygen atoms in total. The third kappa shape index (κ3) is 1.78. The zero-order chi connectivity index (χ0) is 11.3. The summed E-state index contributed by atoms with van der Waals surface area (Å²) in [6, 6.07) is 0. The first-order chi connectivity index (χ1) is 6.83. The van der Waals surface area contributed by atoms with Crippen molar-refractivity contribution >= 4 is 12.1 Å². The molecule has 1 saturated carbocycles. The van der Waals surface area contributed by atoms with E-state index in [1.807, 2.05) is 0 Å². The van der Waals surface area contributed by atoms with Gasteiger partial charge in [-0.25, -0.2) is 9.59 Å². The van der Waals surface area contributed by atoms with Crippen LogP contribution in [-0.2, 0) is 14.3 Å². The molecule has 1 aliphatic heterocycles. The number of nitrogens with one attached hydrogen (secondary N) is 1. The molecule has 2 aliphatic rings. The van der Waals surface area contributed by atoms with Crippen LogP contribution in [0, 0.1) is 5.92 Å². The summed E-state index contributed by atoms with van der Waals surface area (Å²) in [5.74, 6) is -0.198. The maximum Gasteiger partial charge on any atom is 0.408 e. The highest BCUT2D eigenvalue weighted by atomic mass is 16.6. The number of rotatable bonds is 1. The summed E-state index contributed by atoms with van der Waals surface area (Å²) in [4.78, 5) is 22.8. The first-order valence-electron chi connectivity index (χ1n) is 5.02. The Kier molecular flexibility index (Phi) is 1.96. The number of carbonyl (C=O) groups is 2. The normalized spacial score (nSPS) is 33.0. The molecule has 2 fully saturated rings. The van der Waals surface area contributed by atoms with Gasteiger partial charge in [0.15, 0.2) is 0 Å². The van der Waals surface area contributed by atoms with Gasteiger partial charge in [-0.2, -0.15) is 0 Å². The summed E-state index contributed by atoms with van der Waals surface area (Å²) < 4.78 is 9.92. The largest absolute Gasteiger partial charge is 0.464 e. The lowest BCUT2D eigenvalue weighted by Gasteiger charge is -2.21. The van der Waals surface area contributed by atoms with Crippen molar-refractivity contribution < 1.29 is 19.1 Å². The van der Waals surface area contributed by atoms with Gasteiger partial charge in [-0.05, 0) is 27.2 Å². The maximum atomic E-state index is 11.5. The lowest BCUT2D eigenvalue weighted by Crippen LogP contribution is -2.45. The van der Waals surface area contributed by atoms with Crippen LogP contribution in [0.4, 0.5) is 4.79 Å². The maximum absolute atomic E-state index is 11.5. The van der Waals surface area contributed by atoms with E-state index in [0.29, 0.717) is 13.0 Å². The SMILES string of the molecule is CC(C)(C)OC(=O)N[C@@]12C[C@@H]1COC2=O. The van der Waals surface area contributed by atoms with Crippen LogP contribution in [-0.4, -0.2) is 29.8 Å². The van der Waals surface area contributed by atoms with E-state index in [1.54, 1.807) is 20.8 Å². The Morgan fingerprint density at radius 1 is 1.60 bits per heavy atom. The number of esters is 1. The van der Waals surface area contributed by atoms with Gasteiger partial charge in [0.05, 0.1) is 6.61 Å². The van der Waals surface area contributed by atoms with E-state index in [0.717, 1.165) is 0 Å². The van der Waals surface area contributed by atoms with E-state index < -0.39 is 17.2 Å². The Bertz CT molecular complexity index is 320. The number of cyclic esters (lactones) is 1. The van der Waals surface area contributed by atoms with Crippen LogP contribution in [0.15, 0.2) is 0 Å². The lowest BCUT2D eigenvalue weighted by atomic mass is 10.2. The first-order valence-corrected chi connectivity index (χ1v) is 5.02. The Labute approximate surface area is 88.1 Å². The van der Waals surface area contributed by atoms with Crippen molar-refractivity contribution in [1.29, 1.82) is 0 Å². The molecule has 0 aromatic carbocycles. The van der Waals surface area contributed by atoms with Crippen LogP contribution in [0.25, 0.3) is 0 Å². The van der Waals surface area contributed by atoms with Gasteiger partial charge < -0.3 is 14.8 Å². The molecule has 2 rings (SSSR count). The highest BCUT2D eigenvalue weighted by Gasteiger charge is 2.67. The Hall–Kier alpha value is -1.26. The summed E-state index contributed by atoms with van der Waals surface area (Å²) >= 11 is 0. The predicted octanol–water partition coefficient (Wildman–Crippen LogP) is 0.827. The minimum absolute atomic E-state index is 0.137. The second-order valence-corrected chi connectivity index (χ2v) is 5.10. The summed E-state index contributed by atoms with van der Waals surface area (Å²) in [7, 11) is 0. The van der Waals surface area contributed by atoms with Crippen LogP contribution in [0.2, 0.25) is 0 Å². The summed E-state index contributed by atoms with van der Waals surface area (Å²) in [5, 5.41) is 2.60. The number of hydrogen-bond acceptors (Lipinski definition) is 4. The Balaban J connectivity index is 1.93. The first kappa shape index (κ1) is 10.3. The fraction of sp³-hybridized carbons (Fsp3) is 0.800. The van der Waals surface area contributed by atoms with Gasteiger partial charge in [0.1, 0.15) is 11.1 Å². The van der Waals surface area contributed by atoms with Gasteiger partial charge in [0.2, 0.25) is 0 Å². The molecule has 1 saturated heterocycles. The zero-order valence-corrected chi connectivity index (χ0v) is 9.12. The third-order valence-corrected chi connectivity index (χ3v) is 2.61. The zero-order valence-electron chi connectivity index (χ0n) is 9.12. The smallest absolute Gasteiger partial charge is 0.408 e. The van der Waals surface area contributed by atoms with Crippen molar-refractivity contribution in [2.75, 3.05) is 6.61 Å². The van der Waals surface area contributed by atoms with E-state index in [2.05, 4.69) is 5.32 Å². The quantitative estimate of drug-likeness (QED) is 0.655. The average molecular weight is 213 g/mol. The van der Waals surface area contributed by atoms with E-state index in [-0.39, 0.29) is 11.9 Å². The van der Waals surface area contributed by atoms with Gasteiger partial charge in [-0.3, -0.25) is 0 Å². The van der Waals surface area contributed by atoms with Crippen LogP contribution < -0.4 is 5.32 Å². The summed E-state index contributed by atoms with van der Waals surface area (Å²) in [6.07, 6.45) is 0.120. The molecule has 0 bridgehead atoms.